The van der Waals surface area contributed by atoms with Gasteiger partial charge in [0.25, 0.3) is 0 Å². The monoisotopic (exact) mass is 1110 g/mol. The van der Waals surface area contributed by atoms with Crippen LogP contribution in [0, 0.1) is 0 Å². The second-order valence-corrected chi connectivity index (χ2v) is 17.1. The molecule has 77 heavy (non-hydrogen) atoms. The van der Waals surface area contributed by atoms with Gasteiger partial charge in [0.05, 0.1) is 159 Å². The van der Waals surface area contributed by atoms with Crippen molar-refractivity contribution >= 4 is 29.6 Å². The van der Waals surface area contributed by atoms with E-state index >= 15 is 0 Å². The van der Waals surface area contributed by atoms with Crippen LogP contribution in [0.4, 0.5) is 0 Å². The molecule has 442 valence electrons. The Balaban J connectivity index is 5.36. The molecule has 0 saturated heterocycles. The van der Waals surface area contributed by atoms with Crippen molar-refractivity contribution in [1.82, 2.24) is 21.3 Å². The van der Waals surface area contributed by atoms with Crippen molar-refractivity contribution in [3.05, 3.63) is 31.3 Å². The lowest BCUT2D eigenvalue weighted by atomic mass is 10.0. The molecule has 4 amide bonds. The fourth-order valence-corrected chi connectivity index (χ4v) is 5.80. The average Bonchev–Trinajstić information content (AvgIpc) is 3.39. The number of carbonyl (C=O) groups is 5. The Kier molecular flexibility index (Phi) is 49.3. The van der Waals surface area contributed by atoms with Gasteiger partial charge < -0.3 is 82.8 Å². The molecular weight excluding hydrogens is 1020 g/mol. The Bertz CT molecular complexity index is 1530. The van der Waals surface area contributed by atoms with Crippen LogP contribution in [0.3, 0.4) is 0 Å². The molecule has 31 heteroatoms. The molecule has 0 aliphatic carbocycles. The number of nitrogens with zero attached hydrogens (tertiary/aromatic N) is 9. The van der Waals surface area contributed by atoms with Crippen LogP contribution in [0.25, 0.3) is 31.3 Å². The minimum absolute atomic E-state index is 0.00992. The largest absolute Gasteiger partial charge is 0.460 e. The summed E-state index contributed by atoms with van der Waals surface area (Å²) < 4.78 is 71.8. The Morgan fingerprint density at radius 1 is 0.377 bits per heavy atom. The van der Waals surface area contributed by atoms with Gasteiger partial charge in [-0.1, -0.05) is 15.3 Å². The zero-order valence-electron chi connectivity index (χ0n) is 45.3. The van der Waals surface area contributed by atoms with Crippen molar-refractivity contribution in [1.29, 1.82) is 0 Å². The van der Waals surface area contributed by atoms with Crippen molar-refractivity contribution in [2.24, 2.45) is 15.3 Å². The van der Waals surface area contributed by atoms with Crippen LogP contribution in [0.15, 0.2) is 15.3 Å². The highest BCUT2D eigenvalue weighted by Gasteiger charge is 2.34. The highest BCUT2D eigenvalue weighted by Crippen LogP contribution is 2.13. The van der Waals surface area contributed by atoms with Crippen LogP contribution in [0.2, 0.25) is 0 Å². The molecule has 0 bridgehead atoms. The molecule has 0 aromatic rings. The van der Waals surface area contributed by atoms with Crippen molar-refractivity contribution < 1.29 is 85.6 Å². The van der Waals surface area contributed by atoms with Crippen LogP contribution in [0.1, 0.15) is 59.3 Å². The molecular formula is C46H85N13O18. The van der Waals surface area contributed by atoms with Crippen LogP contribution < -0.4 is 21.3 Å². The predicted octanol–water partition coefficient (Wildman–Crippen LogP) is 2.00. The maximum atomic E-state index is 13.5. The Morgan fingerprint density at radius 2 is 0.675 bits per heavy atom. The molecule has 31 nitrogen and oxygen atoms in total. The number of carbonyl (C=O) groups excluding carboxylic acids is 5. The third kappa shape index (κ3) is 52.6. The molecule has 0 radical (unpaired) electrons. The summed E-state index contributed by atoms with van der Waals surface area (Å²) in [7, 11) is 0. The number of rotatable bonds is 56. The van der Waals surface area contributed by atoms with Gasteiger partial charge in [0.15, 0.2) is 0 Å². The quantitative estimate of drug-likeness (QED) is 0.0222. The minimum Gasteiger partial charge on any atom is -0.460 e. The zero-order valence-corrected chi connectivity index (χ0v) is 45.3. The van der Waals surface area contributed by atoms with Gasteiger partial charge in [0, 0.05) is 86.1 Å². The smallest absolute Gasteiger partial charge is 0.306 e. The first kappa shape index (κ1) is 71.8. The molecule has 0 aliphatic heterocycles. The SMILES string of the molecule is CC(C)(C)OC(=O)CCCC(=O)NC(COCCC(=O)NCCOCCOCCOCCN=[N+]=[N-])(COCCC(=O)NCCOCCOCCOCCN=[N+]=[N-])COCCC(=O)NCCOCCOCCOCCN=[N+]=[N-]. The molecule has 0 spiro atoms. The van der Waals surface area contributed by atoms with Crippen LogP contribution in [-0.4, -0.2) is 239 Å². The average molecular weight is 1110 g/mol. The third-order valence-corrected chi connectivity index (χ3v) is 9.30. The number of esters is 1. The highest BCUT2D eigenvalue weighted by atomic mass is 16.6. The van der Waals surface area contributed by atoms with Gasteiger partial charge in [0.2, 0.25) is 23.6 Å². The van der Waals surface area contributed by atoms with E-state index in [1.165, 1.54) is 0 Å². The summed E-state index contributed by atoms with van der Waals surface area (Å²) in [6, 6.07) is 0. The normalized spacial score (nSPS) is 11.8. The van der Waals surface area contributed by atoms with E-state index in [9.17, 15) is 24.0 Å². The van der Waals surface area contributed by atoms with Gasteiger partial charge >= 0.3 is 5.97 Å². The van der Waals surface area contributed by atoms with Gasteiger partial charge in [-0.2, -0.15) is 0 Å². The molecule has 0 saturated carbocycles. The molecule has 0 fully saturated rings. The van der Waals surface area contributed by atoms with Crippen molar-refractivity contribution in [2.75, 3.05) is 198 Å². The lowest BCUT2D eigenvalue weighted by molar-refractivity contribution is -0.155. The van der Waals surface area contributed by atoms with Crippen LogP contribution >= 0.6 is 0 Å². The van der Waals surface area contributed by atoms with Crippen LogP contribution in [-0.2, 0) is 85.6 Å². The van der Waals surface area contributed by atoms with Crippen LogP contribution in [0.5, 0.6) is 0 Å². The van der Waals surface area contributed by atoms with Crippen molar-refractivity contribution in [3.63, 3.8) is 0 Å². The van der Waals surface area contributed by atoms with E-state index in [0.717, 1.165) is 0 Å². The maximum absolute atomic E-state index is 13.5. The lowest BCUT2D eigenvalue weighted by Gasteiger charge is -2.34. The predicted molar refractivity (Wildman–Crippen MR) is 275 cm³/mol. The third-order valence-electron chi connectivity index (χ3n) is 9.30. The van der Waals surface area contributed by atoms with Crippen molar-refractivity contribution in [2.45, 2.75) is 70.4 Å². The number of hydrogen-bond acceptors (Lipinski definition) is 21. The summed E-state index contributed by atoms with van der Waals surface area (Å²) in [6.45, 7) is 11.5. The fourth-order valence-electron chi connectivity index (χ4n) is 5.80. The molecule has 0 rings (SSSR count). The Labute approximate surface area is 450 Å². The van der Waals surface area contributed by atoms with E-state index < -0.39 is 23.0 Å². The molecule has 4 N–H and O–H groups in total. The Hall–Kier alpha value is -5.20. The van der Waals surface area contributed by atoms with E-state index in [-0.39, 0.29) is 155 Å². The first-order valence-corrected chi connectivity index (χ1v) is 25.6. The maximum Gasteiger partial charge on any atom is 0.306 e. The summed E-state index contributed by atoms with van der Waals surface area (Å²) in [4.78, 5) is 71.9. The van der Waals surface area contributed by atoms with E-state index in [1.807, 2.05) is 0 Å². The molecule has 0 unspecified atom stereocenters. The standard InChI is InChI=1S/C46H85N13O18/c1-45(2,3)77-44(64)6-4-5-43(63)56-46(37-74-16-7-40(60)50-10-19-65-25-31-71-34-28-68-22-13-53-57-47,38-75-17-8-41(61)51-11-20-66-26-32-72-35-29-69-23-14-54-58-48)39-76-18-9-42(62)52-12-21-67-27-33-73-36-30-70-24-15-55-59-49/h4-39H2,1-3H3,(H,50,60)(H,51,61)(H,52,62)(H,56,63). The molecule has 0 aromatic carbocycles. The molecule has 0 aliphatic rings. The molecule has 0 atom stereocenters. The second kappa shape index (κ2) is 52.8. The topological polar surface area (TPSA) is 400 Å². The number of amides is 4. The summed E-state index contributed by atoms with van der Waals surface area (Å²) in [6.07, 6.45) is -0.0146. The zero-order chi connectivity index (χ0) is 56.6. The Morgan fingerprint density at radius 3 is 0.974 bits per heavy atom. The number of hydrogen-bond donors (Lipinski definition) is 4. The van der Waals surface area contributed by atoms with E-state index in [0.29, 0.717) is 99.1 Å². The van der Waals surface area contributed by atoms with Gasteiger partial charge in [-0.25, -0.2) is 0 Å². The van der Waals surface area contributed by atoms with E-state index in [2.05, 4.69) is 51.3 Å². The van der Waals surface area contributed by atoms with Crippen molar-refractivity contribution in [3.8, 4) is 0 Å². The lowest BCUT2D eigenvalue weighted by Crippen LogP contribution is -2.58. The van der Waals surface area contributed by atoms with E-state index in [1.54, 1.807) is 20.8 Å². The number of azide groups is 3. The second-order valence-electron chi connectivity index (χ2n) is 17.1. The fraction of sp³-hybridized carbons (Fsp3) is 0.891. The minimum atomic E-state index is -1.37. The highest BCUT2D eigenvalue weighted by molar-refractivity contribution is 5.78. The summed E-state index contributed by atoms with van der Waals surface area (Å²) in [5.41, 5.74) is 22.8. The van der Waals surface area contributed by atoms with Gasteiger partial charge in [-0.3, -0.25) is 24.0 Å². The number of nitrogens with one attached hydrogen (secondary N) is 4. The first-order valence-electron chi connectivity index (χ1n) is 25.6. The van der Waals surface area contributed by atoms with E-state index in [4.69, 9.17) is 78.2 Å². The first-order chi connectivity index (χ1) is 37.4. The van der Waals surface area contributed by atoms with Gasteiger partial charge in [0.1, 0.15) is 11.1 Å². The summed E-state index contributed by atoms with van der Waals surface area (Å²) in [5, 5.41) is 21.3. The van der Waals surface area contributed by atoms with Gasteiger partial charge in [-0.15, -0.1) is 0 Å². The number of ether oxygens (including phenoxy) is 13. The molecule has 0 aromatic heterocycles. The summed E-state index contributed by atoms with van der Waals surface area (Å²) in [5.74, 6) is -1.86. The summed E-state index contributed by atoms with van der Waals surface area (Å²) >= 11 is 0. The molecule has 0 heterocycles. The van der Waals surface area contributed by atoms with Gasteiger partial charge in [-0.05, 0) is 43.8 Å².